The lowest BCUT2D eigenvalue weighted by molar-refractivity contribution is -0.117. The molecular formula is C22H25ClN4O2. The predicted molar refractivity (Wildman–Crippen MR) is 114 cm³/mol. The average Bonchev–Trinajstić information content (AvgIpc) is 3.10. The summed E-state index contributed by atoms with van der Waals surface area (Å²) in [5.41, 5.74) is 2.10. The molecule has 2 fully saturated rings. The third kappa shape index (κ3) is 4.89. The van der Waals surface area contributed by atoms with E-state index in [1.807, 2.05) is 23.1 Å². The summed E-state index contributed by atoms with van der Waals surface area (Å²) in [7, 11) is 0. The quantitative estimate of drug-likeness (QED) is 0.839. The summed E-state index contributed by atoms with van der Waals surface area (Å²) in [6.07, 6.45) is 0.322. The van der Waals surface area contributed by atoms with E-state index < -0.39 is 0 Å². The van der Waals surface area contributed by atoms with Gasteiger partial charge in [-0.25, -0.2) is 4.79 Å². The van der Waals surface area contributed by atoms with Gasteiger partial charge in [-0.3, -0.25) is 9.69 Å². The Morgan fingerprint density at radius 1 is 1.00 bits per heavy atom. The maximum Gasteiger partial charge on any atom is 0.317 e. The number of nitrogens with one attached hydrogen (secondary N) is 1. The molecule has 0 unspecified atom stereocenters. The lowest BCUT2D eigenvalue weighted by Crippen LogP contribution is -2.53. The van der Waals surface area contributed by atoms with Crippen molar-refractivity contribution < 1.29 is 9.59 Å². The Kier molecular flexibility index (Phi) is 6.02. The van der Waals surface area contributed by atoms with Gasteiger partial charge in [0.1, 0.15) is 0 Å². The van der Waals surface area contributed by atoms with Gasteiger partial charge in [0.05, 0.1) is 6.04 Å². The summed E-state index contributed by atoms with van der Waals surface area (Å²) in [6, 6.07) is 17.3. The molecule has 29 heavy (non-hydrogen) atoms. The van der Waals surface area contributed by atoms with E-state index in [1.54, 1.807) is 17.0 Å². The molecule has 7 heteroatoms. The summed E-state index contributed by atoms with van der Waals surface area (Å²) < 4.78 is 0. The van der Waals surface area contributed by atoms with Crippen molar-refractivity contribution in [2.45, 2.75) is 19.0 Å². The van der Waals surface area contributed by atoms with Gasteiger partial charge >= 0.3 is 6.03 Å². The highest BCUT2D eigenvalue weighted by Crippen LogP contribution is 2.23. The lowest BCUT2D eigenvalue weighted by atomic mass is 10.2. The van der Waals surface area contributed by atoms with E-state index in [-0.39, 0.29) is 18.0 Å². The van der Waals surface area contributed by atoms with Gasteiger partial charge in [0.2, 0.25) is 5.91 Å². The van der Waals surface area contributed by atoms with Gasteiger partial charge in [-0.1, -0.05) is 41.9 Å². The topological polar surface area (TPSA) is 55.9 Å². The Bertz CT molecular complexity index is 851. The zero-order chi connectivity index (χ0) is 20.2. The molecule has 0 aromatic heterocycles. The summed E-state index contributed by atoms with van der Waals surface area (Å²) in [5, 5.41) is 3.67. The number of urea groups is 1. The predicted octanol–water partition coefficient (Wildman–Crippen LogP) is 2.97. The summed E-state index contributed by atoms with van der Waals surface area (Å²) >= 11 is 5.92. The Morgan fingerprint density at radius 3 is 2.38 bits per heavy atom. The molecule has 2 aromatic rings. The molecule has 1 N–H and O–H groups in total. The first-order valence-electron chi connectivity index (χ1n) is 9.96. The normalized spacial score (nSPS) is 20.2. The SMILES string of the molecule is O=C(N[C@@H]1CC(=O)N(c2ccc(Cl)cc2)C1)N1CCN(Cc2ccccc2)CC1. The van der Waals surface area contributed by atoms with E-state index in [0.717, 1.165) is 25.3 Å². The van der Waals surface area contributed by atoms with Crippen LogP contribution < -0.4 is 10.2 Å². The summed E-state index contributed by atoms with van der Waals surface area (Å²) in [6.45, 7) is 4.48. The van der Waals surface area contributed by atoms with E-state index in [9.17, 15) is 9.59 Å². The van der Waals surface area contributed by atoms with E-state index in [2.05, 4.69) is 34.5 Å². The highest BCUT2D eigenvalue weighted by Gasteiger charge is 2.33. The van der Waals surface area contributed by atoms with Crippen LogP contribution in [-0.4, -0.2) is 60.5 Å². The third-order valence-corrected chi connectivity index (χ3v) is 5.75. The Morgan fingerprint density at radius 2 is 1.69 bits per heavy atom. The van der Waals surface area contributed by atoms with Crippen LogP contribution in [0.1, 0.15) is 12.0 Å². The van der Waals surface area contributed by atoms with Crippen molar-refractivity contribution in [2.24, 2.45) is 0 Å². The van der Waals surface area contributed by atoms with Crippen LogP contribution in [0.25, 0.3) is 0 Å². The van der Waals surface area contributed by atoms with Crippen molar-refractivity contribution in [3.8, 4) is 0 Å². The van der Waals surface area contributed by atoms with Crippen molar-refractivity contribution in [3.63, 3.8) is 0 Å². The fraction of sp³-hybridized carbons (Fsp3) is 0.364. The first-order valence-corrected chi connectivity index (χ1v) is 10.3. The van der Waals surface area contributed by atoms with Gasteiger partial charge in [0, 0.05) is 56.4 Å². The molecule has 2 saturated heterocycles. The molecule has 2 aliphatic heterocycles. The number of carbonyl (C=O) groups excluding carboxylic acids is 2. The van der Waals surface area contributed by atoms with E-state index in [0.29, 0.717) is 31.1 Å². The van der Waals surface area contributed by atoms with Crippen molar-refractivity contribution in [1.82, 2.24) is 15.1 Å². The zero-order valence-corrected chi connectivity index (χ0v) is 17.0. The molecule has 6 nitrogen and oxygen atoms in total. The smallest absolute Gasteiger partial charge is 0.317 e. The number of anilines is 1. The monoisotopic (exact) mass is 412 g/mol. The third-order valence-electron chi connectivity index (χ3n) is 5.50. The molecule has 0 bridgehead atoms. The van der Waals surface area contributed by atoms with Crippen molar-refractivity contribution in [1.29, 1.82) is 0 Å². The summed E-state index contributed by atoms with van der Waals surface area (Å²) in [5.74, 6) is 0.0188. The van der Waals surface area contributed by atoms with Crippen LogP contribution in [0.4, 0.5) is 10.5 Å². The standard InChI is InChI=1S/C22H25ClN4O2/c23-18-6-8-20(9-7-18)27-16-19(14-21(27)28)24-22(29)26-12-10-25(11-13-26)15-17-4-2-1-3-5-17/h1-9,19H,10-16H2,(H,24,29)/t19-/m1/s1. The highest BCUT2D eigenvalue weighted by atomic mass is 35.5. The Hall–Kier alpha value is -2.57. The van der Waals surface area contributed by atoms with Crippen LogP contribution in [0, 0.1) is 0 Å². The lowest BCUT2D eigenvalue weighted by Gasteiger charge is -2.35. The molecule has 3 amide bonds. The first kappa shape index (κ1) is 19.7. The maximum atomic E-state index is 12.7. The van der Waals surface area contributed by atoms with Gasteiger partial charge in [0.15, 0.2) is 0 Å². The number of amides is 3. The maximum absolute atomic E-state index is 12.7. The molecular weight excluding hydrogens is 388 g/mol. The number of nitrogens with zero attached hydrogens (tertiary/aromatic N) is 3. The highest BCUT2D eigenvalue weighted by molar-refractivity contribution is 6.30. The number of rotatable bonds is 4. The Labute approximate surface area is 176 Å². The first-order chi connectivity index (χ1) is 14.1. The molecule has 0 radical (unpaired) electrons. The van der Waals surface area contributed by atoms with Crippen LogP contribution in [0.3, 0.4) is 0 Å². The van der Waals surface area contributed by atoms with Gasteiger partial charge < -0.3 is 15.1 Å². The van der Waals surface area contributed by atoms with Gasteiger partial charge in [-0.05, 0) is 29.8 Å². The number of carbonyl (C=O) groups is 2. The number of hydrogen-bond acceptors (Lipinski definition) is 3. The molecule has 1 atom stereocenters. The second kappa shape index (κ2) is 8.84. The minimum absolute atomic E-state index is 0.0188. The minimum atomic E-state index is -0.173. The van der Waals surface area contributed by atoms with Crippen LogP contribution in [0.5, 0.6) is 0 Å². The second-order valence-electron chi connectivity index (χ2n) is 7.58. The fourth-order valence-corrected chi connectivity index (χ4v) is 4.02. The average molecular weight is 413 g/mol. The largest absolute Gasteiger partial charge is 0.333 e. The number of hydrogen-bond donors (Lipinski definition) is 1. The molecule has 0 aliphatic carbocycles. The molecule has 4 rings (SSSR count). The zero-order valence-electron chi connectivity index (χ0n) is 16.3. The summed E-state index contributed by atoms with van der Waals surface area (Å²) in [4.78, 5) is 30.9. The number of benzene rings is 2. The van der Waals surface area contributed by atoms with Crippen LogP contribution >= 0.6 is 11.6 Å². The van der Waals surface area contributed by atoms with Gasteiger partial charge in [-0.15, -0.1) is 0 Å². The van der Waals surface area contributed by atoms with Crippen molar-refractivity contribution >= 4 is 29.2 Å². The van der Waals surface area contributed by atoms with E-state index >= 15 is 0 Å². The minimum Gasteiger partial charge on any atom is -0.333 e. The van der Waals surface area contributed by atoms with Crippen LogP contribution in [0.2, 0.25) is 5.02 Å². The van der Waals surface area contributed by atoms with Crippen LogP contribution in [0.15, 0.2) is 54.6 Å². The molecule has 2 heterocycles. The van der Waals surface area contributed by atoms with Crippen molar-refractivity contribution in [3.05, 3.63) is 65.2 Å². The van der Waals surface area contributed by atoms with Gasteiger partial charge in [0.25, 0.3) is 0 Å². The fourth-order valence-electron chi connectivity index (χ4n) is 3.89. The van der Waals surface area contributed by atoms with Gasteiger partial charge in [-0.2, -0.15) is 0 Å². The molecule has 0 saturated carbocycles. The van der Waals surface area contributed by atoms with Crippen LogP contribution in [-0.2, 0) is 11.3 Å². The molecule has 2 aromatic carbocycles. The van der Waals surface area contributed by atoms with Crippen molar-refractivity contribution in [2.75, 3.05) is 37.6 Å². The molecule has 0 spiro atoms. The number of halogens is 1. The second-order valence-corrected chi connectivity index (χ2v) is 8.02. The number of piperazine rings is 1. The molecule has 152 valence electrons. The van der Waals surface area contributed by atoms with E-state index in [1.165, 1.54) is 5.56 Å². The molecule has 2 aliphatic rings. The Balaban J connectivity index is 1.26. The van der Waals surface area contributed by atoms with E-state index in [4.69, 9.17) is 11.6 Å².